The summed E-state index contributed by atoms with van der Waals surface area (Å²) in [7, 11) is 1.82. The van der Waals surface area contributed by atoms with Crippen LogP contribution in [-0.4, -0.2) is 34.4 Å². The van der Waals surface area contributed by atoms with Crippen molar-refractivity contribution in [3.8, 4) is 0 Å². The molecule has 1 amide bonds. The molecule has 2 N–H and O–H groups in total. The molecule has 0 unspecified atom stereocenters. The zero-order valence-corrected chi connectivity index (χ0v) is 14.7. The van der Waals surface area contributed by atoms with E-state index in [1.807, 2.05) is 14.0 Å². The molecule has 0 radical (unpaired) electrons. The van der Waals surface area contributed by atoms with E-state index in [9.17, 15) is 4.79 Å². The SMILES string of the molecule is CNc1nnc(S[C@H](C)C(=O)N[C@@H]2CCC[C@@H](C)[C@H]2C)s1. The van der Waals surface area contributed by atoms with Gasteiger partial charge in [-0.25, -0.2) is 0 Å². The molecule has 1 aromatic heterocycles. The minimum atomic E-state index is -0.146. The maximum atomic E-state index is 12.4. The quantitative estimate of drug-likeness (QED) is 0.813. The second-order valence-electron chi connectivity index (χ2n) is 5.77. The highest BCUT2D eigenvalue weighted by Gasteiger charge is 2.29. The first-order valence-corrected chi connectivity index (χ1v) is 9.19. The van der Waals surface area contributed by atoms with E-state index >= 15 is 0 Å². The molecule has 0 aromatic carbocycles. The highest BCUT2D eigenvalue weighted by molar-refractivity contribution is 8.02. The van der Waals surface area contributed by atoms with E-state index in [4.69, 9.17) is 0 Å². The van der Waals surface area contributed by atoms with E-state index in [0.717, 1.165) is 15.9 Å². The smallest absolute Gasteiger partial charge is 0.233 e. The van der Waals surface area contributed by atoms with Crippen molar-refractivity contribution >= 4 is 34.1 Å². The number of hydrogen-bond acceptors (Lipinski definition) is 6. The summed E-state index contributed by atoms with van der Waals surface area (Å²) in [5, 5.41) is 14.9. The van der Waals surface area contributed by atoms with Gasteiger partial charge in [0.05, 0.1) is 5.25 Å². The largest absolute Gasteiger partial charge is 0.363 e. The summed E-state index contributed by atoms with van der Waals surface area (Å²) in [6.45, 7) is 6.45. The highest BCUT2D eigenvalue weighted by atomic mass is 32.2. The number of hydrogen-bond donors (Lipinski definition) is 2. The zero-order valence-electron chi connectivity index (χ0n) is 13.0. The summed E-state index contributed by atoms with van der Waals surface area (Å²) in [4.78, 5) is 12.4. The minimum Gasteiger partial charge on any atom is -0.363 e. The third-order valence-electron chi connectivity index (χ3n) is 4.30. The van der Waals surface area contributed by atoms with E-state index < -0.39 is 0 Å². The van der Waals surface area contributed by atoms with Crippen molar-refractivity contribution in [1.82, 2.24) is 15.5 Å². The Balaban J connectivity index is 1.87. The van der Waals surface area contributed by atoms with Gasteiger partial charge in [-0.1, -0.05) is 49.8 Å². The first-order valence-electron chi connectivity index (χ1n) is 7.49. The van der Waals surface area contributed by atoms with Gasteiger partial charge in [0.25, 0.3) is 0 Å². The highest BCUT2D eigenvalue weighted by Crippen LogP contribution is 2.31. The molecular formula is C14H24N4OS2. The third-order valence-corrected chi connectivity index (χ3v) is 6.43. The van der Waals surface area contributed by atoms with Crippen molar-refractivity contribution in [3.05, 3.63) is 0 Å². The normalized spacial score (nSPS) is 27.1. The van der Waals surface area contributed by atoms with Crippen molar-refractivity contribution in [1.29, 1.82) is 0 Å². The molecule has 0 bridgehead atoms. The van der Waals surface area contributed by atoms with Gasteiger partial charge in [-0.15, -0.1) is 10.2 Å². The molecule has 21 heavy (non-hydrogen) atoms. The Morgan fingerprint density at radius 3 is 2.81 bits per heavy atom. The summed E-state index contributed by atoms with van der Waals surface area (Å²) in [5.41, 5.74) is 0. The van der Waals surface area contributed by atoms with Crippen LogP contribution in [-0.2, 0) is 4.79 Å². The van der Waals surface area contributed by atoms with Crippen molar-refractivity contribution in [2.45, 2.75) is 55.7 Å². The Morgan fingerprint density at radius 1 is 1.38 bits per heavy atom. The summed E-state index contributed by atoms with van der Waals surface area (Å²) in [5.74, 6) is 1.35. The second kappa shape index (κ2) is 7.45. The maximum absolute atomic E-state index is 12.4. The fourth-order valence-electron chi connectivity index (χ4n) is 2.65. The average molecular weight is 329 g/mol. The molecule has 118 valence electrons. The molecule has 1 aliphatic carbocycles. The Bertz CT molecular complexity index is 479. The molecule has 1 heterocycles. The van der Waals surface area contributed by atoms with E-state index in [0.29, 0.717) is 17.9 Å². The molecule has 0 saturated heterocycles. The molecule has 1 saturated carbocycles. The molecule has 5 nitrogen and oxygen atoms in total. The lowest BCUT2D eigenvalue weighted by Crippen LogP contribution is -2.46. The molecule has 0 spiro atoms. The van der Waals surface area contributed by atoms with Gasteiger partial charge >= 0.3 is 0 Å². The van der Waals surface area contributed by atoms with Crippen LogP contribution in [0.15, 0.2) is 4.34 Å². The molecule has 1 fully saturated rings. The number of anilines is 1. The number of thioether (sulfide) groups is 1. The van der Waals surface area contributed by atoms with Crippen molar-refractivity contribution in [2.24, 2.45) is 11.8 Å². The number of carbonyl (C=O) groups excluding carboxylic acids is 1. The minimum absolute atomic E-state index is 0.104. The van der Waals surface area contributed by atoms with Crippen LogP contribution in [0.5, 0.6) is 0 Å². The van der Waals surface area contributed by atoms with E-state index in [1.54, 1.807) is 0 Å². The Kier molecular flexibility index (Phi) is 5.87. The lowest BCUT2D eigenvalue weighted by molar-refractivity contribution is -0.121. The van der Waals surface area contributed by atoms with Crippen LogP contribution >= 0.6 is 23.1 Å². The van der Waals surface area contributed by atoms with Crippen molar-refractivity contribution < 1.29 is 4.79 Å². The Morgan fingerprint density at radius 2 is 2.14 bits per heavy atom. The molecule has 7 heteroatoms. The van der Waals surface area contributed by atoms with Gasteiger partial charge in [0.1, 0.15) is 0 Å². The zero-order chi connectivity index (χ0) is 15.4. The van der Waals surface area contributed by atoms with Gasteiger partial charge in [0.2, 0.25) is 11.0 Å². The van der Waals surface area contributed by atoms with Gasteiger partial charge in [0, 0.05) is 13.1 Å². The number of amides is 1. The summed E-state index contributed by atoms with van der Waals surface area (Å²) >= 11 is 2.95. The number of nitrogens with one attached hydrogen (secondary N) is 2. The number of aromatic nitrogens is 2. The van der Waals surface area contributed by atoms with Crippen LogP contribution in [0.3, 0.4) is 0 Å². The third kappa shape index (κ3) is 4.32. The molecule has 1 aliphatic rings. The molecule has 2 rings (SSSR count). The first-order chi connectivity index (χ1) is 10.0. The first kappa shape index (κ1) is 16.5. The summed E-state index contributed by atoms with van der Waals surface area (Å²) in [6, 6.07) is 0.312. The summed E-state index contributed by atoms with van der Waals surface area (Å²) < 4.78 is 0.826. The lowest BCUT2D eigenvalue weighted by atomic mass is 9.78. The number of nitrogens with zero attached hydrogens (tertiary/aromatic N) is 2. The second-order valence-corrected chi connectivity index (χ2v) is 8.33. The molecule has 4 atom stereocenters. The van der Waals surface area contributed by atoms with Crippen molar-refractivity contribution in [2.75, 3.05) is 12.4 Å². The van der Waals surface area contributed by atoms with E-state index in [1.165, 1.54) is 35.9 Å². The standard InChI is InChI=1S/C14H24N4OS2/c1-8-6-5-7-11(9(8)2)16-12(19)10(3)20-14-18-17-13(15-4)21-14/h8-11H,5-7H2,1-4H3,(H,15,17)(H,16,19)/t8-,9-,10-,11-/m1/s1. The van der Waals surface area contributed by atoms with Crippen LogP contribution in [0.4, 0.5) is 5.13 Å². The van der Waals surface area contributed by atoms with Crippen molar-refractivity contribution in [3.63, 3.8) is 0 Å². The van der Waals surface area contributed by atoms with Gasteiger partial charge < -0.3 is 10.6 Å². The molecule has 0 aliphatic heterocycles. The average Bonchev–Trinajstić information content (AvgIpc) is 2.91. The topological polar surface area (TPSA) is 66.9 Å². The van der Waals surface area contributed by atoms with Gasteiger partial charge in [-0.05, 0) is 25.2 Å². The van der Waals surface area contributed by atoms with Crippen LogP contribution < -0.4 is 10.6 Å². The van der Waals surface area contributed by atoms with Gasteiger partial charge in [-0.2, -0.15) is 0 Å². The van der Waals surface area contributed by atoms with Gasteiger partial charge in [0.15, 0.2) is 4.34 Å². The number of carbonyl (C=O) groups is 1. The maximum Gasteiger partial charge on any atom is 0.233 e. The molecule has 1 aromatic rings. The van der Waals surface area contributed by atoms with Crippen LogP contribution in [0.1, 0.15) is 40.0 Å². The van der Waals surface area contributed by atoms with Crippen LogP contribution in [0.25, 0.3) is 0 Å². The lowest BCUT2D eigenvalue weighted by Gasteiger charge is -2.35. The Hall–Kier alpha value is -0.820. The molecular weight excluding hydrogens is 304 g/mol. The fraction of sp³-hybridized carbons (Fsp3) is 0.786. The monoisotopic (exact) mass is 328 g/mol. The van der Waals surface area contributed by atoms with Crippen LogP contribution in [0, 0.1) is 11.8 Å². The predicted molar refractivity (Wildman–Crippen MR) is 88.9 cm³/mol. The number of rotatable bonds is 5. The summed E-state index contributed by atoms with van der Waals surface area (Å²) in [6.07, 6.45) is 3.58. The van der Waals surface area contributed by atoms with E-state index in [2.05, 4.69) is 34.7 Å². The Labute approximate surface area is 134 Å². The fourth-order valence-corrected chi connectivity index (χ4v) is 4.51. The predicted octanol–water partition coefficient (Wildman–Crippen LogP) is 3.00. The van der Waals surface area contributed by atoms with E-state index in [-0.39, 0.29) is 11.2 Å². The van der Waals surface area contributed by atoms with Gasteiger partial charge in [-0.3, -0.25) is 4.79 Å². The van der Waals surface area contributed by atoms with Crippen LogP contribution in [0.2, 0.25) is 0 Å².